The molecule has 0 aliphatic carbocycles. The molecule has 28 heavy (non-hydrogen) atoms. The van der Waals surface area contributed by atoms with Crippen molar-refractivity contribution in [3.63, 3.8) is 0 Å². The fourth-order valence-electron chi connectivity index (χ4n) is 2.21. The molecule has 2 aromatic rings. The van der Waals surface area contributed by atoms with Crippen LogP contribution in [0.25, 0.3) is 0 Å². The number of carbonyl (C=O) groups excluding carboxylic acids is 3. The number of anilines is 1. The summed E-state index contributed by atoms with van der Waals surface area (Å²) in [7, 11) is 1.41. The first-order valence-corrected chi connectivity index (χ1v) is 8.23. The van der Waals surface area contributed by atoms with E-state index in [-0.39, 0.29) is 5.75 Å². The summed E-state index contributed by atoms with van der Waals surface area (Å²) in [6.45, 7) is 0.971. The zero-order valence-corrected chi connectivity index (χ0v) is 15.3. The van der Waals surface area contributed by atoms with Crippen LogP contribution in [0, 0.1) is 11.3 Å². The van der Waals surface area contributed by atoms with E-state index in [0.29, 0.717) is 28.8 Å². The molecule has 144 valence electrons. The number of nitrogens with one attached hydrogen (secondary N) is 1. The lowest BCUT2D eigenvalue weighted by molar-refractivity contribution is -0.155. The van der Waals surface area contributed by atoms with Gasteiger partial charge in [-0.05, 0) is 43.3 Å². The van der Waals surface area contributed by atoms with Gasteiger partial charge in [0.2, 0.25) is 0 Å². The summed E-state index contributed by atoms with van der Waals surface area (Å²) in [4.78, 5) is 34.8. The highest BCUT2D eigenvalue weighted by atomic mass is 16.6. The van der Waals surface area contributed by atoms with Crippen LogP contribution in [0.5, 0.6) is 11.5 Å². The number of aldehydes is 1. The fourth-order valence-corrected chi connectivity index (χ4v) is 2.21. The normalized spacial score (nSPS) is 10.9. The minimum absolute atomic E-state index is 0.260. The largest absolute Gasteiger partial charge is 0.493 e. The SMILES string of the molecule is COc1cc(C=O)ccc1OCC(=O)O[C@@H](C)C(=O)Nc1cccc(C#N)c1. The van der Waals surface area contributed by atoms with Crippen molar-refractivity contribution in [1.82, 2.24) is 0 Å². The Hall–Kier alpha value is -3.86. The summed E-state index contributed by atoms with van der Waals surface area (Å²) < 4.78 is 15.5. The molecule has 0 bridgehead atoms. The number of carbonyl (C=O) groups is 3. The highest BCUT2D eigenvalue weighted by Crippen LogP contribution is 2.27. The number of esters is 1. The first-order valence-electron chi connectivity index (χ1n) is 8.23. The highest BCUT2D eigenvalue weighted by molar-refractivity contribution is 5.95. The van der Waals surface area contributed by atoms with Crippen LogP contribution in [0.2, 0.25) is 0 Å². The van der Waals surface area contributed by atoms with Gasteiger partial charge in [-0.3, -0.25) is 9.59 Å². The van der Waals surface area contributed by atoms with E-state index < -0.39 is 24.6 Å². The zero-order valence-electron chi connectivity index (χ0n) is 15.3. The molecule has 0 unspecified atom stereocenters. The number of amides is 1. The van der Waals surface area contributed by atoms with E-state index in [9.17, 15) is 14.4 Å². The van der Waals surface area contributed by atoms with Crippen LogP contribution in [-0.2, 0) is 14.3 Å². The van der Waals surface area contributed by atoms with Gasteiger partial charge in [0.15, 0.2) is 24.2 Å². The van der Waals surface area contributed by atoms with Crippen molar-refractivity contribution in [2.45, 2.75) is 13.0 Å². The van der Waals surface area contributed by atoms with Crippen molar-refractivity contribution >= 4 is 23.9 Å². The third kappa shape index (κ3) is 5.57. The Morgan fingerprint density at radius 2 is 2.00 bits per heavy atom. The van der Waals surface area contributed by atoms with Crippen LogP contribution in [0.15, 0.2) is 42.5 Å². The van der Waals surface area contributed by atoms with Gasteiger partial charge in [-0.25, -0.2) is 4.79 Å². The molecule has 1 N–H and O–H groups in total. The molecule has 8 heteroatoms. The van der Waals surface area contributed by atoms with Gasteiger partial charge in [0.05, 0.1) is 18.7 Å². The van der Waals surface area contributed by atoms with Gasteiger partial charge >= 0.3 is 5.97 Å². The summed E-state index contributed by atoms with van der Waals surface area (Å²) in [6, 6.07) is 12.8. The Balaban J connectivity index is 1.89. The first kappa shape index (κ1) is 20.5. The Labute approximate surface area is 161 Å². The van der Waals surface area contributed by atoms with Gasteiger partial charge < -0.3 is 19.5 Å². The third-order valence-corrected chi connectivity index (χ3v) is 3.61. The van der Waals surface area contributed by atoms with E-state index in [1.54, 1.807) is 18.2 Å². The molecule has 0 aromatic heterocycles. The predicted octanol–water partition coefficient (Wildman–Crippen LogP) is 2.33. The number of ether oxygens (including phenoxy) is 3. The quantitative estimate of drug-likeness (QED) is 0.550. The Morgan fingerprint density at radius 1 is 1.21 bits per heavy atom. The number of nitriles is 1. The summed E-state index contributed by atoms with van der Waals surface area (Å²) in [5.74, 6) is -0.748. The maximum absolute atomic E-state index is 12.1. The molecule has 0 spiro atoms. The number of hydrogen-bond acceptors (Lipinski definition) is 7. The summed E-state index contributed by atoms with van der Waals surface area (Å²) in [6.07, 6.45) is -0.408. The molecular formula is C20H18N2O6. The average molecular weight is 382 g/mol. The molecule has 0 saturated carbocycles. The lowest BCUT2D eigenvalue weighted by atomic mass is 10.2. The smallest absolute Gasteiger partial charge is 0.344 e. The van der Waals surface area contributed by atoms with Crippen LogP contribution in [0.1, 0.15) is 22.8 Å². The number of benzene rings is 2. The van der Waals surface area contributed by atoms with E-state index >= 15 is 0 Å². The summed E-state index contributed by atoms with van der Waals surface area (Å²) >= 11 is 0. The Bertz CT molecular complexity index is 919. The van der Waals surface area contributed by atoms with Crippen molar-refractivity contribution in [3.05, 3.63) is 53.6 Å². The van der Waals surface area contributed by atoms with Gasteiger partial charge in [-0.2, -0.15) is 5.26 Å². The molecule has 1 amide bonds. The second-order valence-corrected chi connectivity index (χ2v) is 5.63. The van der Waals surface area contributed by atoms with Gasteiger partial charge in [0.1, 0.15) is 6.29 Å². The number of methoxy groups -OCH3 is 1. The van der Waals surface area contributed by atoms with Crippen LogP contribution < -0.4 is 14.8 Å². The van der Waals surface area contributed by atoms with Crippen LogP contribution >= 0.6 is 0 Å². The summed E-state index contributed by atoms with van der Waals surface area (Å²) in [5, 5.41) is 11.4. The third-order valence-electron chi connectivity index (χ3n) is 3.61. The molecular weight excluding hydrogens is 364 g/mol. The van der Waals surface area contributed by atoms with Crippen molar-refractivity contribution < 1.29 is 28.6 Å². The fraction of sp³-hybridized carbons (Fsp3) is 0.200. The van der Waals surface area contributed by atoms with Crippen LogP contribution in [0.4, 0.5) is 5.69 Å². The van der Waals surface area contributed by atoms with E-state index in [4.69, 9.17) is 19.5 Å². The lowest BCUT2D eigenvalue weighted by Gasteiger charge is -2.15. The van der Waals surface area contributed by atoms with Crippen LogP contribution in [0.3, 0.4) is 0 Å². The molecule has 0 aliphatic heterocycles. The van der Waals surface area contributed by atoms with E-state index in [2.05, 4.69) is 5.32 Å². The number of rotatable bonds is 8. The number of hydrogen-bond donors (Lipinski definition) is 1. The van der Waals surface area contributed by atoms with Gasteiger partial charge in [-0.15, -0.1) is 0 Å². The van der Waals surface area contributed by atoms with Crippen molar-refractivity contribution in [3.8, 4) is 17.6 Å². The van der Waals surface area contributed by atoms with Crippen LogP contribution in [-0.4, -0.2) is 38.0 Å². The monoisotopic (exact) mass is 382 g/mol. The molecule has 2 rings (SSSR count). The maximum atomic E-state index is 12.1. The summed E-state index contributed by atoms with van der Waals surface area (Å²) in [5.41, 5.74) is 1.21. The minimum Gasteiger partial charge on any atom is -0.493 e. The molecule has 0 saturated heterocycles. The molecule has 0 aliphatic rings. The zero-order chi connectivity index (χ0) is 20.5. The van der Waals surface area contributed by atoms with E-state index in [0.717, 1.165) is 0 Å². The van der Waals surface area contributed by atoms with Crippen molar-refractivity contribution in [2.75, 3.05) is 19.0 Å². The Kier molecular flexibility index (Phi) is 7.11. The molecule has 0 radical (unpaired) electrons. The number of nitrogens with zero attached hydrogens (tertiary/aromatic N) is 1. The highest BCUT2D eigenvalue weighted by Gasteiger charge is 2.19. The maximum Gasteiger partial charge on any atom is 0.344 e. The molecule has 0 fully saturated rings. The standard InChI is InChI=1S/C20H18N2O6/c1-13(20(25)22-16-5-3-4-14(8-16)10-21)28-19(24)12-27-17-7-6-15(11-23)9-18(17)26-2/h3-9,11,13H,12H2,1-2H3,(H,22,25)/t13-/m0/s1. The van der Waals surface area contributed by atoms with Crippen molar-refractivity contribution in [2.24, 2.45) is 0 Å². The van der Waals surface area contributed by atoms with Gasteiger partial charge in [-0.1, -0.05) is 6.07 Å². The lowest BCUT2D eigenvalue weighted by Crippen LogP contribution is -2.31. The predicted molar refractivity (Wildman–Crippen MR) is 99.2 cm³/mol. The Morgan fingerprint density at radius 3 is 2.68 bits per heavy atom. The van der Waals surface area contributed by atoms with E-state index in [1.165, 1.54) is 38.3 Å². The average Bonchev–Trinajstić information content (AvgIpc) is 2.72. The molecule has 8 nitrogen and oxygen atoms in total. The minimum atomic E-state index is -1.07. The molecule has 2 aromatic carbocycles. The van der Waals surface area contributed by atoms with Crippen molar-refractivity contribution in [1.29, 1.82) is 5.26 Å². The molecule has 0 heterocycles. The molecule has 1 atom stereocenters. The van der Waals surface area contributed by atoms with E-state index in [1.807, 2.05) is 6.07 Å². The van der Waals surface area contributed by atoms with Gasteiger partial charge in [0.25, 0.3) is 5.91 Å². The topological polar surface area (TPSA) is 115 Å². The van der Waals surface area contributed by atoms with Gasteiger partial charge in [0, 0.05) is 11.3 Å². The second kappa shape index (κ2) is 9.73. The second-order valence-electron chi connectivity index (χ2n) is 5.63. The first-order chi connectivity index (χ1) is 13.5.